The van der Waals surface area contributed by atoms with Crippen LogP contribution in [0.25, 0.3) is 33.1 Å². The number of aromatic nitrogens is 6. The van der Waals surface area contributed by atoms with Crippen molar-refractivity contribution in [3.63, 3.8) is 0 Å². The van der Waals surface area contributed by atoms with Crippen molar-refractivity contribution in [2.75, 3.05) is 61.0 Å². The van der Waals surface area contributed by atoms with Crippen molar-refractivity contribution >= 4 is 68.1 Å². The van der Waals surface area contributed by atoms with E-state index in [1.54, 1.807) is 0 Å². The summed E-state index contributed by atoms with van der Waals surface area (Å²) in [6.45, 7) is 1.03. The molecule has 118 heavy (non-hydrogen) atoms. The van der Waals surface area contributed by atoms with E-state index in [1.165, 1.54) is 201 Å². The van der Waals surface area contributed by atoms with E-state index < -0.39 is 51.7 Å². The molecule has 12 bridgehead atoms. The molecule has 3 aromatic heterocycles. The summed E-state index contributed by atoms with van der Waals surface area (Å²) in [5.41, 5.74) is 0.853. The van der Waals surface area contributed by atoms with Crippen LogP contribution in [0.3, 0.4) is 0 Å². The monoisotopic (exact) mass is 1620 g/mol. The summed E-state index contributed by atoms with van der Waals surface area (Å²) in [5, 5.41) is 41.2. The number of hydrogen-bond donors (Lipinski definition) is 3. The van der Waals surface area contributed by atoms with Crippen LogP contribution >= 0.6 is 0 Å². The van der Waals surface area contributed by atoms with E-state index in [9.17, 15) is 44.1 Å². The van der Waals surface area contributed by atoms with Crippen molar-refractivity contribution in [1.82, 2.24) is 43.4 Å². The molecule has 0 spiro atoms. The lowest BCUT2D eigenvalue weighted by molar-refractivity contribution is -0.130. The van der Waals surface area contributed by atoms with Crippen molar-refractivity contribution in [2.45, 2.75) is 291 Å². The Balaban J connectivity index is 0.000000132. The fraction of sp³-hybridized carbons (Fsp3) is 0.670. The first-order valence-corrected chi connectivity index (χ1v) is 44.7. The quantitative estimate of drug-likeness (QED) is 0.0288. The van der Waals surface area contributed by atoms with Crippen molar-refractivity contribution in [3.05, 3.63) is 121 Å². The van der Waals surface area contributed by atoms with Crippen LogP contribution in [0.5, 0.6) is 0 Å². The van der Waals surface area contributed by atoms with Crippen LogP contribution in [0.1, 0.15) is 254 Å². The number of nitrogens with zero attached hydrogens (tertiary/aromatic N) is 12. The largest absolute Gasteiger partial charge is 0.476 e. The standard InChI is InChI=1S/C31H42N4O5.2C30H40N4O5/c1-39-13-14-40-33-29(31(37)38)28-30(36)35(27-12-5-4-11-26(27)32-28)25-18-22-9-6-10-23(19-25)34(22)24-16-20-7-2-3-8-21(15-20)17-24;1-38-12-13-39-32-28(30(36)37)27-29(35)34(26-11-3-2-10-25(26)31-27)24-17-21-8-5-9-22(18-24)33(21)23-15-19-6-4-7-20(14-19)16-23;1-38-12-13-39-32-28(30(36)37)27-29(35)34(26-9-5-4-8-25(26)31-27)24-17-21-10-11-22(18-24)33(21)23-15-19-6-2-3-7-20(14-19)16-23/h4-5,11-12,20-25H,2-3,6-10,13-19H2,1H3,(H,37,38);2-3,10-11,19-24H,4-9,12-18H2,1H3,(H,36,37);4-5,8-9,19-24H,2-3,6-7,10-18H2,1H3,(H,36,37)/b33-29-;2*32-28-/t20?,21?,22-,23+,24?,25?;2*19?,20?,21-,22+,23?,24?. The van der Waals surface area contributed by atoms with E-state index in [1.807, 2.05) is 86.5 Å². The van der Waals surface area contributed by atoms with Crippen LogP contribution in [-0.2, 0) is 43.1 Å². The molecule has 0 amide bonds. The summed E-state index contributed by atoms with van der Waals surface area (Å²) < 4.78 is 20.3. The number of aliphatic carboxylic acids is 3. The van der Waals surface area contributed by atoms with Gasteiger partial charge in [-0.2, -0.15) is 0 Å². The Morgan fingerprint density at radius 1 is 0.314 bits per heavy atom. The number of carboxylic acid groups (broad SMARTS) is 3. The predicted molar refractivity (Wildman–Crippen MR) is 449 cm³/mol. The number of ether oxygens (including phenoxy) is 3. The Morgan fingerprint density at radius 3 is 0.822 bits per heavy atom. The van der Waals surface area contributed by atoms with Gasteiger partial charge in [0.2, 0.25) is 17.1 Å². The fourth-order valence-electron chi connectivity index (χ4n) is 24.8. The number of rotatable bonds is 24. The number of para-hydroxylation sites is 6. The van der Waals surface area contributed by atoms with Gasteiger partial charge in [-0.05, 0) is 207 Å². The zero-order valence-electron chi connectivity index (χ0n) is 69.2. The van der Waals surface area contributed by atoms with Gasteiger partial charge in [0.15, 0.2) is 17.1 Å². The first-order chi connectivity index (χ1) is 57.6. The molecule has 9 unspecified atom stereocenters. The molecular weight excluding hydrogens is 1500 g/mol. The molecule has 0 radical (unpaired) electrons. The summed E-state index contributed by atoms with van der Waals surface area (Å²) in [4.78, 5) is 116. The van der Waals surface area contributed by atoms with Gasteiger partial charge in [0.25, 0.3) is 16.7 Å². The molecule has 18 rings (SSSR count). The molecule has 12 fully saturated rings. The minimum absolute atomic E-state index is 0.00628. The van der Waals surface area contributed by atoms with Crippen LogP contribution in [0.15, 0.2) is 103 Å². The molecule has 636 valence electrons. The molecule has 6 aromatic rings. The lowest BCUT2D eigenvalue weighted by Gasteiger charge is -2.55. The minimum Gasteiger partial charge on any atom is -0.476 e. The van der Waals surface area contributed by atoms with E-state index >= 15 is 0 Å². The SMILES string of the molecule is COCCO/N=C(\C(=O)O)c1nc2ccccc2n(C2C[C@H]3CCC[C@@H](C2)N3C2CC3CCCC(C3)C2)c1=O.COCCO/N=C(\C(=O)O)c1nc2ccccc2n(C2C[C@H]3CCC[C@@H](C2)N3C2CC3CCCCC(C3)C2)c1=O.COCCO/N=C(\C(=O)O)c1nc2ccccc2n(C2C[C@H]3CC[C@@H](C2)N3C2CC3CCCCC(C3)C2)c1=O. The number of methoxy groups -OCH3 is 3. The third kappa shape index (κ3) is 18.2. The Kier molecular flexibility index (Phi) is 26.9. The van der Waals surface area contributed by atoms with E-state index in [0.717, 1.165) is 90.6 Å². The zero-order chi connectivity index (χ0) is 81.5. The maximum Gasteiger partial charge on any atom is 0.360 e. The first kappa shape index (κ1) is 83.3. The van der Waals surface area contributed by atoms with Crippen LogP contribution in [0.4, 0.5) is 0 Å². The Morgan fingerprint density at radius 2 is 0.559 bits per heavy atom. The first-order valence-electron chi connectivity index (χ1n) is 44.7. The van der Waals surface area contributed by atoms with E-state index in [2.05, 4.69) is 45.1 Å². The normalized spacial score (nSPS) is 31.2. The molecule has 6 aliphatic heterocycles. The smallest absolute Gasteiger partial charge is 0.360 e. The van der Waals surface area contributed by atoms with Crippen molar-refractivity contribution < 1.29 is 58.4 Å². The van der Waals surface area contributed by atoms with Crippen LogP contribution in [0.2, 0.25) is 0 Å². The fourth-order valence-corrected chi connectivity index (χ4v) is 24.8. The van der Waals surface area contributed by atoms with Gasteiger partial charge in [0, 0.05) is 93.8 Å². The summed E-state index contributed by atoms with van der Waals surface area (Å²) in [6.07, 6.45) is 42.5. The maximum absolute atomic E-state index is 14.1. The molecule has 27 heteroatoms. The number of fused-ring (bicyclic) bond motifs is 15. The summed E-state index contributed by atoms with van der Waals surface area (Å²) >= 11 is 0. The summed E-state index contributed by atoms with van der Waals surface area (Å²) in [6, 6.07) is 27.3. The molecular formula is C91H122N12O15. The molecule has 12 aliphatic rings. The van der Waals surface area contributed by atoms with E-state index in [-0.39, 0.29) is 74.8 Å². The number of carboxylic acids is 3. The highest BCUT2D eigenvalue weighted by Crippen LogP contribution is 2.52. The number of hydrogen-bond acceptors (Lipinski definition) is 21. The second kappa shape index (κ2) is 38.2. The average Bonchev–Trinajstić information content (AvgIpc) is 1.29. The lowest BCUT2D eigenvalue weighted by Crippen LogP contribution is -2.58. The predicted octanol–water partition coefficient (Wildman–Crippen LogP) is 13.5. The van der Waals surface area contributed by atoms with Crippen molar-refractivity contribution in [3.8, 4) is 0 Å². The molecule has 6 aliphatic carbocycles. The van der Waals surface area contributed by atoms with Gasteiger partial charge in [-0.25, -0.2) is 29.3 Å². The topological polar surface area (TPSA) is 319 Å². The van der Waals surface area contributed by atoms with Gasteiger partial charge in [-0.3, -0.25) is 29.1 Å². The number of piperidine rings is 5. The lowest BCUT2D eigenvalue weighted by atomic mass is 9.68. The Bertz CT molecular complexity index is 4750. The van der Waals surface area contributed by atoms with Gasteiger partial charge < -0.3 is 57.7 Å². The highest BCUT2D eigenvalue weighted by atomic mass is 16.6. The molecule has 27 nitrogen and oxygen atoms in total. The van der Waals surface area contributed by atoms with Gasteiger partial charge in [-0.15, -0.1) is 0 Å². The highest BCUT2D eigenvalue weighted by molar-refractivity contribution is 6.43. The number of benzene rings is 3. The van der Waals surface area contributed by atoms with Gasteiger partial charge in [0.1, 0.15) is 19.8 Å². The van der Waals surface area contributed by atoms with Gasteiger partial charge in [0.05, 0.1) is 52.9 Å². The third-order valence-corrected chi connectivity index (χ3v) is 29.2. The highest BCUT2D eigenvalue weighted by Gasteiger charge is 2.50. The number of carbonyl (C=O) groups is 3. The van der Waals surface area contributed by atoms with Gasteiger partial charge in [-0.1, -0.05) is 135 Å². The molecule has 6 saturated carbocycles. The van der Waals surface area contributed by atoms with Crippen molar-refractivity contribution in [2.24, 2.45) is 51.0 Å². The summed E-state index contributed by atoms with van der Waals surface area (Å²) in [5.74, 6) is 1.25. The number of oxime groups is 3. The molecule has 15 atom stereocenters. The second-order valence-electron chi connectivity index (χ2n) is 36.4. The minimum atomic E-state index is -1.34. The van der Waals surface area contributed by atoms with Gasteiger partial charge >= 0.3 is 17.9 Å². The average molecular weight is 1620 g/mol. The Labute approximate surface area is 690 Å². The molecule has 6 saturated heterocycles. The van der Waals surface area contributed by atoms with Crippen LogP contribution in [0, 0.1) is 35.5 Å². The molecule has 9 heterocycles. The van der Waals surface area contributed by atoms with E-state index in [0.29, 0.717) is 70.9 Å². The van der Waals surface area contributed by atoms with Crippen LogP contribution in [-0.4, -0.2) is 209 Å². The third-order valence-electron chi connectivity index (χ3n) is 29.2. The summed E-state index contributed by atoms with van der Waals surface area (Å²) in [7, 11) is 4.57. The molecule has 3 aromatic carbocycles. The maximum atomic E-state index is 14.1. The van der Waals surface area contributed by atoms with E-state index in [4.69, 9.17) is 28.7 Å². The Hall–Kier alpha value is -8.34. The molecule has 3 N–H and O–H groups in total. The van der Waals surface area contributed by atoms with Crippen LogP contribution < -0.4 is 16.7 Å². The zero-order valence-corrected chi connectivity index (χ0v) is 69.2. The van der Waals surface area contributed by atoms with Crippen molar-refractivity contribution in [1.29, 1.82) is 0 Å². The second-order valence-corrected chi connectivity index (χ2v) is 36.4.